The molecule has 2 aromatic rings. The number of ether oxygens (including phenoxy) is 2. The van der Waals surface area contributed by atoms with Gasteiger partial charge in [-0.25, -0.2) is 0 Å². The van der Waals surface area contributed by atoms with Gasteiger partial charge in [-0.1, -0.05) is 19.9 Å². The van der Waals surface area contributed by atoms with Crippen molar-refractivity contribution < 1.29 is 18.7 Å². The Morgan fingerprint density at radius 2 is 1.97 bits per heavy atom. The molecule has 2 aliphatic rings. The molecular weight excluding hydrogens is 372 g/mol. The van der Waals surface area contributed by atoms with Gasteiger partial charge in [-0.2, -0.15) is 0 Å². The van der Waals surface area contributed by atoms with Crippen molar-refractivity contribution in [1.29, 1.82) is 0 Å². The highest BCUT2D eigenvalue weighted by molar-refractivity contribution is 5.76. The number of carbonyl (C=O) groups is 1. The monoisotopic (exact) mass is 400 g/mol. The Morgan fingerprint density at radius 3 is 2.79 bits per heavy atom. The van der Waals surface area contributed by atoms with Crippen LogP contribution < -0.4 is 9.47 Å². The van der Waals surface area contributed by atoms with Crippen molar-refractivity contribution in [3.8, 4) is 11.5 Å². The maximum Gasteiger partial charge on any atom is 0.231 e. The van der Waals surface area contributed by atoms with E-state index < -0.39 is 0 Å². The quantitative estimate of drug-likeness (QED) is 0.672. The van der Waals surface area contributed by atoms with Gasteiger partial charge in [0, 0.05) is 32.0 Å². The van der Waals surface area contributed by atoms with Gasteiger partial charge in [-0.05, 0) is 37.2 Å². The van der Waals surface area contributed by atoms with Crippen molar-refractivity contribution in [2.75, 3.05) is 33.0 Å². The molecule has 8 nitrogen and oxygen atoms in total. The molecular formula is C21H28N4O4. The van der Waals surface area contributed by atoms with Crippen LogP contribution in [0.15, 0.2) is 22.6 Å². The molecule has 156 valence electrons. The number of nitrogens with zero attached hydrogens (tertiary/aromatic N) is 4. The Labute approximate surface area is 170 Å². The topological polar surface area (TPSA) is 80.9 Å². The molecule has 0 N–H and O–H groups in total. The Hall–Kier alpha value is -2.61. The fraction of sp³-hybridized carbons (Fsp3) is 0.571. The number of benzene rings is 1. The number of hydrogen-bond donors (Lipinski definition) is 0. The fourth-order valence-electron chi connectivity index (χ4n) is 4.06. The molecule has 1 amide bonds. The molecule has 1 atom stereocenters. The number of likely N-dealkylation sites (N-methyl/N-ethyl adjacent to an activating group) is 1. The molecule has 1 saturated heterocycles. The number of carbonyl (C=O) groups excluding carboxylic acids is 1. The summed E-state index contributed by atoms with van der Waals surface area (Å²) in [5, 5.41) is 8.22. The highest BCUT2D eigenvalue weighted by Crippen LogP contribution is 2.33. The van der Waals surface area contributed by atoms with Gasteiger partial charge in [0.1, 0.15) is 0 Å². The van der Waals surface area contributed by atoms with E-state index in [9.17, 15) is 4.79 Å². The van der Waals surface area contributed by atoms with Gasteiger partial charge in [0.2, 0.25) is 24.5 Å². The summed E-state index contributed by atoms with van der Waals surface area (Å²) >= 11 is 0. The minimum absolute atomic E-state index is 0.162. The molecule has 3 heterocycles. The molecule has 8 heteroatoms. The molecule has 0 bridgehead atoms. The van der Waals surface area contributed by atoms with E-state index in [2.05, 4.69) is 28.9 Å². The second kappa shape index (κ2) is 8.82. The van der Waals surface area contributed by atoms with Crippen LogP contribution in [0.25, 0.3) is 0 Å². The summed E-state index contributed by atoms with van der Waals surface area (Å²) < 4.78 is 16.5. The van der Waals surface area contributed by atoms with Crippen LogP contribution in [0.3, 0.4) is 0 Å². The van der Waals surface area contributed by atoms with E-state index in [1.807, 2.05) is 23.1 Å². The molecule has 0 radical (unpaired) electrons. The van der Waals surface area contributed by atoms with Crippen molar-refractivity contribution in [1.82, 2.24) is 20.0 Å². The Morgan fingerprint density at radius 1 is 1.17 bits per heavy atom. The highest BCUT2D eigenvalue weighted by atomic mass is 16.7. The van der Waals surface area contributed by atoms with Crippen LogP contribution in [0, 0.1) is 0 Å². The first-order valence-corrected chi connectivity index (χ1v) is 10.4. The van der Waals surface area contributed by atoms with E-state index in [4.69, 9.17) is 13.9 Å². The minimum atomic E-state index is 0.162. The molecule has 1 aromatic carbocycles. The maximum atomic E-state index is 12.6. The second-order valence-electron chi connectivity index (χ2n) is 7.46. The van der Waals surface area contributed by atoms with Gasteiger partial charge in [0.15, 0.2) is 11.5 Å². The maximum absolute atomic E-state index is 12.6. The van der Waals surface area contributed by atoms with Gasteiger partial charge >= 0.3 is 0 Å². The Kier molecular flexibility index (Phi) is 5.99. The van der Waals surface area contributed by atoms with E-state index in [-0.39, 0.29) is 12.7 Å². The van der Waals surface area contributed by atoms with Crippen molar-refractivity contribution in [2.45, 2.75) is 45.6 Å². The molecule has 1 fully saturated rings. The summed E-state index contributed by atoms with van der Waals surface area (Å²) in [7, 11) is 0. The normalized spacial score (nSPS) is 18.0. The highest BCUT2D eigenvalue weighted by Gasteiger charge is 2.29. The molecule has 1 aromatic heterocycles. The summed E-state index contributed by atoms with van der Waals surface area (Å²) in [6.45, 7) is 8.30. The van der Waals surface area contributed by atoms with Crippen LogP contribution in [0.1, 0.15) is 44.0 Å². The summed E-state index contributed by atoms with van der Waals surface area (Å²) in [6.07, 6.45) is 2.44. The first-order valence-electron chi connectivity index (χ1n) is 10.4. The number of aromatic nitrogens is 2. The third-order valence-corrected chi connectivity index (χ3v) is 5.70. The lowest BCUT2D eigenvalue weighted by Gasteiger charge is -2.26. The SMILES string of the molecule is CCN(CC)C1CCN(C(=O)CCc2nnc(Cc3ccc4c(c3)OCO4)o2)C1. The molecule has 0 saturated carbocycles. The van der Waals surface area contributed by atoms with Gasteiger partial charge < -0.3 is 18.8 Å². The third kappa shape index (κ3) is 4.53. The van der Waals surface area contributed by atoms with E-state index in [0.29, 0.717) is 37.1 Å². The van der Waals surface area contributed by atoms with Crippen molar-refractivity contribution in [2.24, 2.45) is 0 Å². The first kappa shape index (κ1) is 19.7. The van der Waals surface area contributed by atoms with Crippen molar-refractivity contribution >= 4 is 5.91 Å². The van der Waals surface area contributed by atoms with Gasteiger partial charge in [-0.3, -0.25) is 9.69 Å². The lowest BCUT2D eigenvalue weighted by atomic mass is 10.1. The van der Waals surface area contributed by atoms with Crippen molar-refractivity contribution in [3.05, 3.63) is 35.5 Å². The molecule has 29 heavy (non-hydrogen) atoms. The van der Waals surface area contributed by atoms with Crippen LogP contribution >= 0.6 is 0 Å². The standard InChI is InChI=1S/C21H28N4O4/c1-3-24(4-2)16-9-10-25(13-16)21(26)8-7-19-22-23-20(29-19)12-15-5-6-17-18(11-15)28-14-27-17/h5-6,11,16H,3-4,7-10,12-14H2,1-2H3. The zero-order chi connectivity index (χ0) is 20.2. The average molecular weight is 400 g/mol. The summed E-state index contributed by atoms with van der Waals surface area (Å²) in [5.74, 6) is 2.70. The second-order valence-corrected chi connectivity index (χ2v) is 7.46. The van der Waals surface area contributed by atoms with Gasteiger partial charge in [-0.15, -0.1) is 10.2 Å². The average Bonchev–Trinajstić information content (AvgIpc) is 3.48. The lowest BCUT2D eigenvalue weighted by Crippen LogP contribution is -2.38. The zero-order valence-electron chi connectivity index (χ0n) is 17.1. The van der Waals surface area contributed by atoms with Gasteiger partial charge in [0.25, 0.3) is 0 Å². The van der Waals surface area contributed by atoms with Crippen molar-refractivity contribution in [3.63, 3.8) is 0 Å². The lowest BCUT2D eigenvalue weighted by molar-refractivity contribution is -0.130. The van der Waals surface area contributed by atoms with E-state index in [1.54, 1.807) is 0 Å². The van der Waals surface area contributed by atoms with Crippen LogP contribution in [-0.2, 0) is 17.6 Å². The summed E-state index contributed by atoms with van der Waals surface area (Å²) in [5.41, 5.74) is 1.01. The predicted molar refractivity (Wildman–Crippen MR) is 106 cm³/mol. The molecule has 2 aliphatic heterocycles. The largest absolute Gasteiger partial charge is 0.454 e. The summed E-state index contributed by atoms with van der Waals surface area (Å²) in [4.78, 5) is 17.0. The Balaban J connectivity index is 1.27. The zero-order valence-corrected chi connectivity index (χ0v) is 17.1. The minimum Gasteiger partial charge on any atom is -0.454 e. The van der Waals surface area contributed by atoms with Crippen LogP contribution in [-0.4, -0.2) is 64.9 Å². The first-order chi connectivity index (χ1) is 14.2. The molecule has 0 spiro atoms. The number of hydrogen-bond acceptors (Lipinski definition) is 7. The number of fused-ring (bicyclic) bond motifs is 1. The summed E-state index contributed by atoms with van der Waals surface area (Å²) in [6, 6.07) is 6.25. The Bertz CT molecular complexity index is 849. The number of aryl methyl sites for hydroxylation is 1. The number of amides is 1. The van der Waals surface area contributed by atoms with Crippen LogP contribution in [0.5, 0.6) is 11.5 Å². The third-order valence-electron chi connectivity index (χ3n) is 5.70. The van der Waals surface area contributed by atoms with Gasteiger partial charge in [0.05, 0.1) is 6.42 Å². The van der Waals surface area contributed by atoms with E-state index >= 15 is 0 Å². The number of likely N-dealkylation sites (tertiary alicyclic amines) is 1. The van der Waals surface area contributed by atoms with E-state index in [0.717, 1.165) is 49.7 Å². The predicted octanol–water partition coefficient (Wildman–Crippen LogP) is 2.26. The fourth-order valence-corrected chi connectivity index (χ4v) is 4.06. The van der Waals surface area contributed by atoms with E-state index in [1.165, 1.54) is 0 Å². The molecule has 1 unspecified atom stereocenters. The van der Waals surface area contributed by atoms with Crippen LogP contribution in [0.2, 0.25) is 0 Å². The number of rotatable bonds is 8. The molecule has 0 aliphatic carbocycles. The molecule has 4 rings (SSSR count). The van der Waals surface area contributed by atoms with Crippen LogP contribution in [0.4, 0.5) is 0 Å². The smallest absolute Gasteiger partial charge is 0.231 e.